The highest BCUT2D eigenvalue weighted by Crippen LogP contribution is 2.31. The summed E-state index contributed by atoms with van der Waals surface area (Å²) < 4.78 is 0. The average molecular weight is 419 g/mol. The van der Waals surface area contributed by atoms with Gasteiger partial charge in [0.15, 0.2) is 0 Å². The van der Waals surface area contributed by atoms with Crippen LogP contribution in [0.3, 0.4) is 0 Å². The first-order valence-electron chi connectivity index (χ1n) is 8.82. The molecule has 0 aliphatic rings. The van der Waals surface area contributed by atoms with Gasteiger partial charge in [-0.05, 0) is 36.1 Å². The molecule has 3 rings (SSSR count). The second-order valence-corrected chi connectivity index (χ2v) is 7.79. The molecule has 0 radical (unpaired) electrons. The number of thiazole rings is 1. The van der Waals surface area contributed by atoms with E-state index in [1.165, 1.54) is 11.3 Å². The van der Waals surface area contributed by atoms with Crippen molar-refractivity contribution in [3.8, 4) is 10.6 Å². The van der Waals surface area contributed by atoms with Gasteiger partial charge in [-0.15, -0.1) is 11.3 Å². The fourth-order valence-electron chi connectivity index (χ4n) is 2.96. The quantitative estimate of drug-likeness (QED) is 0.501. The van der Waals surface area contributed by atoms with E-state index in [1.807, 2.05) is 48.7 Å². The summed E-state index contributed by atoms with van der Waals surface area (Å²) in [6.07, 6.45) is 1.79. The van der Waals surface area contributed by atoms with Crippen LogP contribution in [0.1, 0.15) is 30.7 Å². The molecule has 3 nitrogen and oxygen atoms in total. The zero-order valence-corrected chi connectivity index (χ0v) is 17.5. The maximum atomic E-state index is 12.6. The van der Waals surface area contributed by atoms with Gasteiger partial charge in [-0.3, -0.25) is 4.79 Å². The van der Waals surface area contributed by atoms with Gasteiger partial charge in [0.2, 0.25) is 5.91 Å². The molecule has 1 heterocycles. The molecule has 0 bridgehead atoms. The molecule has 1 amide bonds. The van der Waals surface area contributed by atoms with Crippen LogP contribution in [0.5, 0.6) is 0 Å². The lowest BCUT2D eigenvalue weighted by Crippen LogP contribution is -2.17. The van der Waals surface area contributed by atoms with E-state index in [0.29, 0.717) is 10.0 Å². The molecule has 0 fully saturated rings. The van der Waals surface area contributed by atoms with E-state index in [9.17, 15) is 4.79 Å². The second kappa shape index (κ2) is 8.87. The maximum Gasteiger partial charge on any atom is 0.230 e. The van der Waals surface area contributed by atoms with Crippen molar-refractivity contribution in [3.63, 3.8) is 0 Å². The Morgan fingerprint density at radius 3 is 2.56 bits per heavy atom. The van der Waals surface area contributed by atoms with Crippen LogP contribution in [0.15, 0.2) is 41.8 Å². The number of nitrogens with one attached hydrogen (secondary N) is 1. The van der Waals surface area contributed by atoms with Gasteiger partial charge in [0.05, 0.1) is 17.1 Å². The number of nitrogens with zero attached hydrogens (tertiary/aromatic N) is 1. The van der Waals surface area contributed by atoms with Gasteiger partial charge in [-0.2, -0.15) is 0 Å². The van der Waals surface area contributed by atoms with Crippen LogP contribution >= 0.6 is 34.5 Å². The van der Waals surface area contributed by atoms with Gasteiger partial charge in [-0.25, -0.2) is 4.98 Å². The molecular weight excluding hydrogens is 399 g/mol. The number of aryl methyl sites for hydroxylation is 1. The van der Waals surface area contributed by atoms with Gasteiger partial charge in [-0.1, -0.05) is 61.3 Å². The second-order valence-electron chi connectivity index (χ2n) is 6.12. The highest BCUT2D eigenvalue weighted by atomic mass is 35.5. The molecule has 140 valence electrons. The van der Waals surface area contributed by atoms with Gasteiger partial charge in [0, 0.05) is 21.7 Å². The first kappa shape index (κ1) is 19.9. The predicted octanol–water partition coefficient (Wildman–Crippen LogP) is 6.42. The van der Waals surface area contributed by atoms with E-state index >= 15 is 0 Å². The SMILES string of the molecule is CCc1ccc(Cl)c(CC)c1NC(=O)Cc1csc(-c2ccccc2Cl)n1. The third-order valence-corrected chi connectivity index (χ3v) is 5.95. The van der Waals surface area contributed by atoms with Crippen molar-refractivity contribution in [1.82, 2.24) is 4.98 Å². The monoisotopic (exact) mass is 418 g/mol. The number of aromatic nitrogens is 1. The number of rotatable bonds is 6. The summed E-state index contributed by atoms with van der Waals surface area (Å²) >= 11 is 14.0. The van der Waals surface area contributed by atoms with Crippen molar-refractivity contribution >= 4 is 46.1 Å². The van der Waals surface area contributed by atoms with Crippen LogP contribution < -0.4 is 5.32 Å². The summed E-state index contributed by atoms with van der Waals surface area (Å²) in [6, 6.07) is 11.4. The Kier molecular flexibility index (Phi) is 6.53. The highest BCUT2D eigenvalue weighted by molar-refractivity contribution is 7.13. The van der Waals surface area contributed by atoms with Crippen molar-refractivity contribution in [3.05, 3.63) is 68.6 Å². The fourth-order valence-corrected chi connectivity index (χ4v) is 4.39. The summed E-state index contributed by atoms with van der Waals surface area (Å²) in [5.74, 6) is -0.0994. The molecule has 0 saturated heterocycles. The number of amides is 1. The number of benzene rings is 2. The maximum absolute atomic E-state index is 12.6. The minimum absolute atomic E-state index is 0.0994. The Hall–Kier alpha value is -1.88. The lowest BCUT2D eigenvalue weighted by molar-refractivity contribution is -0.115. The molecule has 0 unspecified atom stereocenters. The molecule has 6 heteroatoms. The van der Waals surface area contributed by atoms with Gasteiger partial charge in [0.1, 0.15) is 5.01 Å². The molecule has 0 aliphatic heterocycles. The average Bonchev–Trinajstić information content (AvgIpc) is 3.10. The number of halogens is 2. The Balaban J connectivity index is 1.78. The molecule has 2 aromatic carbocycles. The Morgan fingerprint density at radius 2 is 1.85 bits per heavy atom. The fraction of sp³-hybridized carbons (Fsp3) is 0.238. The summed E-state index contributed by atoms with van der Waals surface area (Å²) in [6.45, 7) is 4.10. The van der Waals surface area contributed by atoms with Crippen LogP contribution in [0.2, 0.25) is 10.0 Å². The number of carbonyl (C=O) groups is 1. The number of carbonyl (C=O) groups excluding carboxylic acids is 1. The number of hydrogen-bond acceptors (Lipinski definition) is 3. The predicted molar refractivity (Wildman–Crippen MR) is 115 cm³/mol. The largest absolute Gasteiger partial charge is 0.325 e. The van der Waals surface area contributed by atoms with E-state index in [2.05, 4.69) is 17.2 Å². The molecule has 3 aromatic rings. The van der Waals surface area contributed by atoms with Crippen LogP contribution in [0.4, 0.5) is 5.69 Å². The Morgan fingerprint density at radius 1 is 1.07 bits per heavy atom. The highest BCUT2D eigenvalue weighted by Gasteiger charge is 2.15. The van der Waals surface area contributed by atoms with Gasteiger partial charge >= 0.3 is 0 Å². The molecule has 0 aliphatic carbocycles. The van der Waals surface area contributed by atoms with Crippen LogP contribution in [0, 0.1) is 0 Å². The van der Waals surface area contributed by atoms with Crippen molar-refractivity contribution in [2.75, 3.05) is 5.32 Å². The van der Waals surface area contributed by atoms with E-state index < -0.39 is 0 Å². The lowest BCUT2D eigenvalue weighted by Gasteiger charge is -2.15. The lowest BCUT2D eigenvalue weighted by atomic mass is 10.0. The first-order valence-corrected chi connectivity index (χ1v) is 10.5. The molecular formula is C21H20Cl2N2OS. The third kappa shape index (κ3) is 4.52. The Bertz CT molecular complexity index is 969. The smallest absolute Gasteiger partial charge is 0.230 e. The van der Waals surface area contributed by atoms with E-state index in [0.717, 1.165) is 45.9 Å². The topological polar surface area (TPSA) is 42.0 Å². The standard InChI is InChI=1S/C21H20Cl2N2OS/c1-3-13-9-10-18(23)15(4-2)20(13)25-19(26)11-14-12-27-21(24-14)16-7-5-6-8-17(16)22/h5-10,12H,3-4,11H2,1-2H3,(H,25,26). The first-order chi connectivity index (χ1) is 13.0. The molecule has 0 atom stereocenters. The van der Waals surface area contributed by atoms with Crippen molar-refractivity contribution in [2.45, 2.75) is 33.1 Å². The van der Waals surface area contributed by atoms with Gasteiger partial charge < -0.3 is 5.32 Å². The van der Waals surface area contributed by atoms with Gasteiger partial charge in [0.25, 0.3) is 0 Å². The van der Waals surface area contributed by atoms with E-state index in [4.69, 9.17) is 23.2 Å². The third-order valence-electron chi connectivity index (χ3n) is 4.34. The van der Waals surface area contributed by atoms with Crippen LogP contribution in [-0.2, 0) is 24.1 Å². The van der Waals surface area contributed by atoms with Crippen LogP contribution in [-0.4, -0.2) is 10.9 Å². The Labute approximate surface area is 173 Å². The summed E-state index contributed by atoms with van der Waals surface area (Å²) in [7, 11) is 0. The normalized spacial score (nSPS) is 10.8. The summed E-state index contributed by atoms with van der Waals surface area (Å²) in [5.41, 5.74) is 4.50. The molecule has 0 saturated carbocycles. The van der Waals surface area contributed by atoms with Crippen molar-refractivity contribution < 1.29 is 4.79 Å². The van der Waals surface area contributed by atoms with E-state index in [-0.39, 0.29) is 12.3 Å². The number of anilines is 1. The van der Waals surface area contributed by atoms with Crippen molar-refractivity contribution in [2.24, 2.45) is 0 Å². The zero-order valence-electron chi connectivity index (χ0n) is 15.2. The minimum Gasteiger partial charge on any atom is -0.325 e. The molecule has 1 N–H and O–H groups in total. The van der Waals surface area contributed by atoms with E-state index in [1.54, 1.807) is 0 Å². The molecule has 1 aromatic heterocycles. The molecule has 27 heavy (non-hydrogen) atoms. The van der Waals surface area contributed by atoms with Crippen LogP contribution in [0.25, 0.3) is 10.6 Å². The van der Waals surface area contributed by atoms with Crippen molar-refractivity contribution in [1.29, 1.82) is 0 Å². The molecule has 0 spiro atoms. The summed E-state index contributed by atoms with van der Waals surface area (Å²) in [4.78, 5) is 17.2. The zero-order chi connectivity index (χ0) is 19.4. The minimum atomic E-state index is -0.0994. The number of hydrogen-bond donors (Lipinski definition) is 1. The summed E-state index contributed by atoms with van der Waals surface area (Å²) in [5, 5.41) is 7.10.